The van der Waals surface area contributed by atoms with Crippen LogP contribution in [0, 0.1) is 22.7 Å². The molecule has 0 bridgehead atoms. The lowest BCUT2D eigenvalue weighted by Gasteiger charge is -2.47. The number of aromatic nitrogens is 1. The third-order valence-corrected chi connectivity index (χ3v) is 11.0. The molecule has 0 saturated heterocycles. The van der Waals surface area contributed by atoms with Crippen molar-refractivity contribution in [2.75, 3.05) is 0 Å². The molecule has 0 unspecified atom stereocenters. The Morgan fingerprint density at radius 1 is 1.20 bits per heavy atom. The number of unbranched alkanes of at least 4 members (excludes halogenated alkanes) is 1. The Bertz CT molecular complexity index is 1170. The molecule has 0 aromatic carbocycles. The first-order chi connectivity index (χ1) is 19.0. The smallest absolute Gasteiger partial charge is 0.203 e. The number of rotatable bonds is 9. The van der Waals surface area contributed by atoms with Gasteiger partial charge in [-0.1, -0.05) is 70.6 Å². The Labute approximate surface area is 241 Å². The van der Waals surface area contributed by atoms with Gasteiger partial charge in [0.1, 0.15) is 6.26 Å². The second kappa shape index (κ2) is 11.4. The molecule has 5 nitrogen and oxygen atoms in total. The van der Waals surface area contributed by atoms with E-state index in [1.54, 1.807) is 6.26 Å². The predicted octanol–water partition coefficient (Wildman–Crippen LogP) is 7.13. The predicted molar refractivity (Wildman–Crippen MR) is 160 cm³/mol. The molecule has 4 saturated carbocycles. The van der Waals surface area contributed by atoms with Crippen molar-refractivity contribution in [1.82, 2.24) is 4.98 Å². The monoisotopic (exact) mass is 549 g/mol. The van der Waals surface area contributed by atoms with E-state index in [9.17, 15) is 15.3 Å². The van der Waals surface area contributed by atoms with Crippen molar-refractivity contribution >= 4 is 0 Å². The SMILES string of the molecule is C=C1/C(=C\C=C2/CCC[C@]3(C)[C@@H](C(C)(C)/C=C/[C@H](O)C4(c5nc(CCCC)co5)CC4)CC[C@@H]23)C[C@@H](O)C[C@@H]1O. The molecule has 0 aliphatic heterocycles. The molecule has 4 fully saturated rings. The van der Waals surface area contributed by atoms with Crippen LogP contribution in [0.2, 0.25) is 0 Å². The van der Waals surface area contributed by atoms with Gasteiger partial charge in [0.25, 0.3) is 0 Å². The molecular formula is C35H51NO4. The highest BCUT2D eigenvalue weighted by molar-refractivity contribution is 5.39. The summed E-state index contributed by atoms with van der Waals surface area (Å²) in [5.41, 5.74) is 4.04. The number of hydrogen-bond acceptors (Lipinski definition) is 5. The summed E-state index contributed by atoms with van der Waals surface area (Å²) in [5, 5.41) is 31.8. The fraction of sp³-hybridized carbons (Fsp3) is 0.686. The van der Waals surface area contributed by atoms with Crippen LogP contribution in [0.5, 0.6) is 0 Å². The standard InChI is InChI=1S/C35H51NO4/c1-6-7-10-26-22-40-32(36-26)35(18-19-35)31(39)15-17-33(3,4)30-14-13-28-24(9-8-16-34(28,30)5)11-12-25-20-27(37)21-29(38)23(25)2/h11-12,15,17,22,27-31,37-39H,2,6-10,13-14,16,18-21H2,1,3-5H3/b17-15+,24-11+,25-12-/t27-,28+,29+,30-,31+,34+/m1/s1. The number of allylic oxidation sites excluding steroid dienone is 4. The number of aliphatic hydroxyl groups excluding tert-OH is 3. The van der Waals surface area contributed by atoms with E-state index in [0.29, 0.717) is 30.6 Å². The minimum Gasteiger partial charge on any atom is -0.448 e. The average molecular weight is 550 g/mol. The second-order valence-corrected chi connectivity index (χ2v) is 14.1. The summed E-state index contributed by atoms with van der Waals surface area (Å²) in [6.45, 7) is 13.4. The van der Waals surface area contributed by atoms with Crippen LogP contribution in [-0.2, 0) is 11.8 Å². The van der Waals surface area contributed by atoms with Crippen molar-refractivity contribution in [2.24, 2.45) is 22.7 Å². The fourth-order valence-corrected chi connectivity index (χ4v) is 8.35. The molecule has 40 heavy (non-hydrogen) atoms. The molecule has 0 amide bonds. The third kappa shape index (κ3) is 5.58. The molecule has 0 spiro atoms. The highest BCUT2D eigenvalue weighted by atomic mass is 16.3. The van der Waals surface area contributed by atoms with Crippen molar-refractivity contribution in [3.8, 4) is 0 Å². The van der Waals surface area contributed by atoms with Gasteiger partial charge in [-0.25, -0.2) is 4.98 Å². The van der Waals surface area contributed by atoms with Crippen LogP contribution in [0.15, 0.2) is 58.3 Å². The lowest BCUT2D eigenvalue weighted by molar-refractivity contribution is 0.0705. The molecule has 5 rings (SSSR count). The molecule has 220 valence electrons. The lowest BCUT2D eigenvalue weighted by atomic mass is 9.57. The van der Waals surface area contributed by atoms with Gasteiger partial charge in [0.05, 0.1) is 29.4 Å². The molecular weight excluding hydrogens is 498 g/mol. The lowest BCUT2D eigenvalue weighted by Crippen LogP contribution is -2.39. The summed E-state index contributed by atoms with van der Waals surface area (Å²) in [4.78, 5) is 4.76. The maximum atomic E-state index is 11.3. The van der Waals surface area contributed by atoms with Crippen LogP contribution in [0.3, 0.4) is 0 Å². The zero-order valence-electron chi connectivity index (χ0n) is 25.2. The second-order valence-electron chi connectivity index (χ2n) is 14.1. The third-order valence-electron chi connectivity index (χ3n) is 11.0. The summed E-state index contributed by atoms with van der Waals surface area (Å²) in [6.07, 6.45) is 20.6. The molecule has 5 heteroatoms. The van der Waals surface area contributed by atoms with Gasteiger partial charge in [-0.3, -0.25) is 0 Å². The van der Waals surface area contributed by atoms with Crippen LogP contribution in [0.4, 0.5) is 0 Å². The molecule has 1 heterocycles. The van der Waals surface area contributed by atoms with E-state index in [1.165, 1.54) is 31.3 Å². The van der Waals surface area contributed by atoms with Gasteiger partial charge in [-0.2, -0.15) is 0 Å². The van der Waals surface area contributed by atoms with Crippen molar-refractivity contribution < 1.29 is 19.7 Å². The Hall–Kier alpha value is -1.95. The van der Waals surface area contributed by atoms with Crippen molar-refractivity contribution in [1.29, 1.82) is 0 Å². The Morgan fingerprint density at radius 3 is 2.70 bits per heavy atom. The molecule has 1 aromatic heterocycles. The number of hydrogen-bond donors (Lipinski definition) is 3. The fourth-order valence-electron chi connectivity index (χ4n) is 8.35. The first-order valence-corrected chi connectivity index (χ1v) is 15.8. The number of nitrogens with zero attached hydrogens (tertiary/aromatic N) is 1. The quantitative estimate of drug-likeness (QED) is 0.285. The van der Waals surface area contributed by atoms with E-state index in [4.69, 9.17) is 9.40 Å². The number of aliphatic hydroxyl groups is 3. The van der Waals surface area contributed by atoms with Gasteiger partial charge >= 0.3 is 0 Å². The van der Waals surface area contributed by atoms with Crippen molar-refractivity contribution in [3.63, 3.8) is 0 Å². The highest BCUT2D eigenvalue weighted by Gasteiger charge is 2.55. The van der Waals surface area contributed by atoms with Gasteiger partial charge in [-0.05, 0) is 98.0 Å². The van der Waals surface area contributed by atoms with E-state index in [2.05, 4.69) is 52.5 Å². The normalized spacial score (nSPS) is 35.0. The van der Waals surface area contributed by atoms with E-state index in [1.807, 2.05) is 6.08 Å². The minimum atomic E-state index is -0.648. The summed E-state index contributed by atoms with van der Waals surface area (Å²) in [6, 6.07) is 0. The Kier molecular flexibility index (Phi) is 8.40. The number of aryl methyl sites for hydroxylation is 1. The minimum absolute atomic E-state index is 0.0454. The van der Waals surface area contributed by atoms with Gasteiger partial charge in [0, 0.05) is 6.42 Å². The summed E-state index contributed by atoms with van der Waals surface area (Å²) in [5.74, 6) is 1.77. The van der Waals surface area contributed by atoms with Crippen LogP contribution in [-0.4, -0.2) is 38.6 Å². The highest BCUT2D eigenvalue weighted by Crippen LogP contribution is 2.62. The molecule has 4 aliphatic rings. The number of oxazole rings is 1. The van der Waals surface area contributed by atoms with E-state index in [0.717, 1.165) is 55.4 Å². The van der Waals surface area contributed by atoms with Gasteiger partial charge in [-0.15, -0.1) is 0 Å². The first kappa shape index (κ1) is 29.5. The summed E-state index contributed by atoms with van der Waals surface area (Å²) >= 11 is 0. The zero-order chi connectivity index (χ0) is 28.7. The Morgan fingerprint density at radius 2 is 1.98 bits per heavy atom. The molecule has 3 N–H and O–H groups in total. The van der Waals surface area contributed by atoms with E-state index >= 15 is 0 Å². The van der Waals surface area contributed by atoms with Gasteiger partial charge < -0.3 is 19.7 Å². The molecule has 6 atom stereocenters. The van der Waals surface area contributed by atoms with Crippen molar-refractivity contribution in [3.05, 3.63) is 65.5 Å². The van der Waals surface area contributed by atoms with E-state index in [-0.39, 0.29) is 16.2 Å². The molecule has 1 aromatic rings. The maximum Gasteiger partial charge on any atom is 0.203 e. The molecule has 0 radical (unpaired) electrons. The van der Waals surface area contributed by atoms with Crippen molar-refractivity contribution in [2.45, 2.75) is 128 Å². The number of fused-ring (bicyclic) bond motifs is 1. The zero-order valence-corrected chi connectivity index (χ0v) is 25.2. The Balaban J connectivity index is 1.30. The topological polar surface area (TPSA) is 86.7 Å². The van der Waals surface area contributed by atoms with Crippen LogP contribution >= 0.6 is 0 Å². The summed E-state index contributed by atoms with van der Waals surface area (Å²) < 4.78 is 5.88. The van der Waals surface area contributed by atoms with E-state index < -0.39 is 18.3 Å². The van der Waals surface area contributed by atoms with Gasteiger partial charge in [0.2, 0.25) is 5.89 Å². The van der Waals surface area contributed by atoms with Crippen LogP contribution in [0.25, 0.3) is 0 Å². The first-order valence-electron chi connectivity index (χ1n) is 15.8. The van der Waals surface area contributed by atoms with Crippen LogP contribution in [0.1, 0.15) is 110 Å². The largest absolute Gasteiger partial charge is 0.448 e. The average Bonchev–Trinajstić information content (AvgIpc) is 3.43. The van der Waals surface area contributed by atoms with Crippen LogP contribution < -0.4 is 0 Å². The van der Waals surface area contributed by atoms with Gasteiger partial charge in [0.15, 0.2) is 0 Å². The molecule has 4 aliphatic carbocycles. The summed E-state index contributed by atoms with van der Waals surface area (Å²) in [7, 11) is 0. The maximum absolute atomic E-state index is 11.3.